The van der Waals surface area contributed by atoms with Gasteiger partial charge in [0, 0.05) is 56.8 Å². The summed E-state index contributed by atoms with van der Waals surface area (Å²) >= 11 is 0. The van der Waals surface area contributed by atoms with Gasteiger partial charge in [0.2, 0.25) is 53.2 Å². The van der Waals surface area contributed by atoms with Gasteiger partial charge in [-0.2, -0.15) is 6.54 Å². The molecule has 1 aromatic carbocycles. The van der Waals surface area contributed by atoms with Crippen LogP contribution in [-0.4, -0.2) is 185 Å². The second-order valence-corrected chi connectivity index (χ2v) is 17.2. The molecule has 1 aliphatic heterocycles. The molecule has 9 amide bonds. The van der Waals surface area contributed by atoms with E-state index in [1.807, 2.05) is 0 Å². The number of ether oxygens (including phenoxy) is 1. The molecule has 1 aliphatic rings. The van der Waals surface area contributed by atoms with E-state index in [1.54, 1.807) is 0 Å². The van der Waals surface area contributed by atoms with Crippen molar-refractivity contribution in [3.63, 3.8) is 0 Å². The second-order valence-electron chi connectivity index (χ2n) is 17.2. The number of ketones is 1. The van der Waals surface area contributed by atoms with Crippen molar-refractivity contribution >= 4 is 82.5 Å². The van der Waals surface area contributed by atoms with E-state index in [4.69, 9.17) is 16.2 Å². The number of amides is 9. The summed E-state index contributed by atoms with van der Waals surface area (Å²) in [7, 11) is 1.27. The Morgan fingerprint density at radius 3 is 1.80 bits per heavy atom. The number of carboxylic acid groups (broad SMARTS) is 2. The maximum atomic E-state index is 14.1. The van der Waals surface area contributed by atoms with Gasteiger partial charge in [0.25, 0.3) is 0 Å². The first-order valence-electron chi connectivity index (χ1n) is 23.2. The molecule has 417 valence electrons. The molecule has 30 nitrogen and oxygen atoms in total. The van der Waals surface area contributed by atoms with Crippen LogP contribution in [0.2, 0.25) is 0 Å². The maximum absolute atomic E-state index is 14.1. The van der Waals surface area contributed by atoms with Crippen LogP contribution in [0.25, 0.3) is 5.73 Å². The SMILES string of the molecule is C=C(O)CC1NC(=O)C(C)NC(=O)C(CC(=O)O)NC(=O)C(CCC[NH-])NC(=O)CNC(=O)C(NC)C(C)OC(=O)C(CC(=O)c2ccccc2N)NC(=O)C(C(C)CC(=O)O)NC(=O)C(CO)NC(=O)CNC1=O.[Y]. The molecule has 0 aliphatic carbocycles. The van der Waals surface area contributed by atoms with Crippen molar-refractivity contribution in [2.45, 2.75) is 114 Å². The zero-order valence-corrected chi connectivity index (χ0v) is 44.9. The molecule has 31 heteroatoms. The van der Waals surface area contributed by atoms with Crippen LogP contribution in [0.4, 0.5) is 5.69 Å². The van der Waals surface area contributed by atoms with Crippen molar-refractivity contribution in [2.75, 3.05) is 39.0 Å². The quantitative estimate of drug-likeness (QED) is 0.0338. The second kappa shape index (κ2) is 33.0. The Bertz CT molecular complexity index is 2320. The Labute approximate surface area is 460 Å². The van der Waals surface area contributed by atoms with Crippen molar-refractivity contribution in [1.29, 1.82) is 0 Å². The molecule has 10 unspecified atom stereocenters. The molecule has 10 atom stereocenters. The number of anilines is 1. The number of aliphatic carboxylic acids is 2. The Morgan fingerprint density at radius 2 is 1.25 bits per heavy atom. The third-order valence-corrected chi connectivity index (χ3v) is 11.1. The largest absolute Gasteiger partial charge is 0.677 e. The number of nitrogen functional groups attached to an aromatic ring is 1. The molecule has 1 fully saturated rings. The zero-order valence-electron chi connectivity index (χ0n) is 42.0. The van der Waals surface area contributed by atoms with Gasteiger partial charge in [-0.3, -0.25) is 57.5 Å². The molecule has 76 heavy (non-hydrogen) atoms. The van der Waals surface area contributed by atoms with Crippen molar-refractivity contribution in [3.8, 4) is 0 Å². The number of carboxylic acids is 2. The third kappa shape index (κ3) is 22.4. The van der Waals surface area contributed by atoms with Crippen molar-refractivity contribution in [2.24, 2.45) is 5.92 Å². The van der Waals surface area contributed by atoms with Gasteiger partial charge in [0.05, 0.1) is 38.3 Å². The van der Waals surface area contributed by atoms with E-state index in [0.29, 0.717) is 0 Å². The fourth-order valence-corrected chi connectivity index (χ4v) is 7.13. The molecule has 1 radical (unpaired) electrons. The average molecular weight is 1150 g/mol. The van der Waals surface area contributed by atoms with Crippen molar-refractivity contribution in [3.05, 3.63) is 47.9 Å². The number of likely N-dealkylation sites (N-methyl/N-ethyl adjacent to an activating group) is 1. The van der Waals surface area contributed by atoms with E-state index in [1.165, 1.54) is 45.2 Å². The Hall–Kier alpha value is -7.15. The molecule has 0 saturated carbocycles. The number of esters is 1. The molecule has 1 heterocycles. The summed E-state index contributed by atoms with van der Waals surface area (Å²) in [4.78, 5) is 172. The minimum Gasteiger partial charge on any atom is -0.677 e. The Morgan fingerprint density at radius 1 is 0.711 bits per heavy atom. The number of carbonyl (C=O) groups excluding carboxylic acids is 11. The number of benzene rings is 1. The first-order chi connectivity index (χ1) is 35.2. The number of para-hydroxylation sites is 1. The number of nitrogens with two attached hydrogens (primary N) is 1. The summed E-state index contributed by atoms with van der Waals surface area (Å²) in [6.07, 6.45) is -5.11. The molecule has 0 bridgehead atoms. The van der Waals surface area contributed by atoms with E-state index in [0.717, 1.165) is 6.92 Å². The summed E-state index contributed by atoms with van der Waals surface area (Å²) in [6.45, 7) is 3.57. The summed E-state index contributed by atoms with van der Waals surface area (Å²) in [5.41, 5.74) is 13.4. The monoisotopic (exact) mass is 1150 g/mol. The molecule has 1 aromatic rings. The number of rotatable bonds is 15. The Balaban J connectivity index is 0.0000289. The molecule has 0 aromatic heterocycles. The van der Waals surface area contributed by atoms with E-state index in [-0.39, 0.29) is 63.3 Å². The molecule has 2 rings (SSSR count). The van der Waals surface area contributed by atoms with E-state index >= 15 is 0 Å². The van der Waals surface area contributed by atoms with Crippen LogP contribution in [0.5, 0.6) is 0 Å². The number of carbonyl (C=O) groups is 13. The average Bonchev–Trinajstić information content (AvgIpc) is 3.33. The minimum absolute atomic E-state index is 0. The summed E-state index contributed by atoms with van der Waals surface area (Å²) in [6, 6.07) is -8.32. The zero-order chi connectivity index (χ0) is 56.7. The van der Waals surface area contributed by atoms with Gasteiger partial charge in [-0.1, -0.05) is 32.1 Å². The number of aliphatic hydroxyl groups excluding tert-OH is 2. The van der Waals surface area contributed by atoms with Crippen molar-refractivity contribution in [1.82, 2.24) is 53.2 Å². The van der Waals surface area contributed by atoms with E-state index in [2.05, 4.69) is 59.7 Å². The maximum Gasteiger partial charge on any atom is 0.329 e. The van der Waals surface area contributed by atoms with Gasteiger partial charge in [-0.15, -0.1) is 0 Å². The fourth-order valence-electron chi connectivity index (χ4n) is 7.13. The third-order valence-electron chi connectivity index (χ3n) is 11.1. The summed E-state index contributed by atoms with van der Waals surface area (Å²) < 4.78 is 5.54. The van der Waals surface area contributed by atoms with Gasteiger partial charge < -0.3 is 89.8 Å². The number of nitrogens with one attached hydrogen (secondary N) is 11. The number of hydrogen-bond donors (Lipinski definition) is 15. The summed E-state index contributed by atoms with van der Waals surface area (Å²) in [5, 5.41) is 61.7. The van der Waals surface area contributed by atoms with Gasteiger partial charge in [0.15, 0.2) is 5.78 Å². The first-order valence-corrected chi connectivity index (χ1v) is 23.2. The topological polar surface area (TPSA) is 482 Å². The van der Waals surface area contributed by atoms with Gasteiger partial charge in [-0.05, 0) is 45.4 Å². The van der Waals surface area contributed by atoms with Crippen LogP contribution in [0.3, 0.4) is 0 Å². The van der Waals surface area contributed by atoms with Crippen LogP contribution in [0, 0.1) is 5.92 Å². The van der Waals surface area contributed by atoms with Crippen LogP contribution >= 0.6 is 0 Å². The normalized spacial score (nSPS) is 24.9. The number of hydrogen-bond acceptors (Lipinski definition) is 18. The number of cyclic esters (lactones) is 1. The Kier molecular flexibility index (Phi) is 29.0. The van der Waals surface area contributed by atoms with E-state index in [9.17, 15) is 82.8 Å². The van der Waals surface area contributed by atoms with Gasteiger partial charge >= 0.3 is 17.9 Å². The van der Waals surface area contributed by atoms with Gasteiger partial charge in [0.1, 0.15) is 54.4 Å². The smallest absolute Gasteiger partial charge is 0.329 e. The molecular formula is C45H65N12O18Y-. The molecule has 1 saturated heterocycles. The predicted molar refractivity (Wildman–Crippen MR) is 259 cm³/mol. The predicted octanol–water partition coefficient (Wildman–Crippen LogP) is -5.11. The standard InChI is InChI=1S/C45H65N12O18.Y/c1-20(13-34(63)64)36-44(73)56-29(15-31(60)24-9-6-7-10-25(24)47)45(74)75-23(4)37(48-5)43(72)50-18-32(61)52-26(11-8-12-46)40(69)55-28(16-35(65)66)41(70)51-22(3)38(67)54-27(14-21(2)59)39(68)49-17-33(62)53-30(19-58)42(71)57-36;/h6-7,9-10,20,22-23,26-30,36-37,46,48,58-59H,2,8,11-19,47H2,1,3-5H3,(H,49,68)(H,50,72)(H,51,70)(H,52,61)(H,53,62)(H,54,67)(H,55,69)(H,56,73)(H,57,71)(H,63,64)(H,65,66);/q-1;. The minimum atomic E-state index is -1.95. The van der Waals surface area contributed by atoms with Crippen LogP contribution < -0.4 is 58.9 Å². The number of aliphatic hydroxyl groups is 2. The van der Waals surface area contributed by atoms with Crippen LogP contribution in [0.1, 0.15) is 69.7 Å². The van der Waals surface area contributed by atoms with Gasteiger partial charge in [-0.25, -0.2) is 4.79 Å². The summed E-state index contributed by atoms with van der Waals surface area (Å²) in [5.74, 6) is -17.5. The van der Waals surface area contributed by atoms with E-state index < -0.39 is 188 Å². The van der Waals surface area contributed by atoms with Crippen molar-refractivity contribution < 1.29 is 120 Å². The van der Waals surface area contributed by atoms with Crippen LogP contribution in [-0.2, 0) is 95.0 Å². The molecular weight excluding hydrogens is 1090 g/mol. The molecule has 17 N–H and O–H groups in total. The van der Waals surface area contributed by atoms with Crippen LogP contribution in [0.15, 0.2) is 36.6 Å². The molecule has 0 spiro atoms. The number of Topliss-reactive ketones (excluding diaryl/α,β-unsaturated/α-hetero) is 1. The first kappa shape index (κ1) is 66.9. The fraction of sp³-hybridized carbons (Fsp3) is 0.533.